The minimum Gasteiger partial charge on any atom is -0.314 e. The molecule has 0 amide bonds. The lowest BCUT2D eigenvalue weighted by molar-refractivity contribution is 0.323. The summed E-state index contributed by atoms with van der Waals surface area (Å²) in [7, 11) is 0. The number of hydrogen-bond donors (Lipinski definition) is 1. The van der Waals surface area contributed by atoms with Crippen LogP contribution in [0.2, 0.25) is 0 Å². The van der Waals surface area contributed by atoms with Crippen LogP contribution in [0.1, 0.15) is 64.5 Å². The van der Waals surface area contributed by atoms with Gasteiger partial charge in [-0.15, -0.1) is 0 Å². The first-order chi connectivity index (χ1) is 9.05. The van der Waals surface area contributed by atoms with Gasteiger partial charge < -0.3 is 5.32 Å². The summed E-state index contributed by atoms with van der Waals surface area (Å²) in [4.78, 5) is 0. The van der Waals surface area contributed by atoms with E-state index in [0.717, 1.165) is 6.54 Å². The third-order valence-corrected chi connectivity index (χ3v) is 4.02. The molecule has 0 aliphatic carbocycles. The molecule has 0 aliphatic rings. The topological polar surface area (TPSA) is 12.0 Å². The Hall–Kier alpha value is -0.820. The first-order valence-electron chi connectivity index (χ1n) is 7.85. The predicted molar refractivity (Wildman–Crippen MR) is 85.8 cm³/mol. The number of benzene rings is 1. The monoisotopic (exact) mass is 261 g/mol. The molecular formula is C18H31N. The van der Waals surface area contributed by atoms with E-state index in [9.17, 15) is 0 Å². The second-order valence-electron chi connectivity index (χ2n) is 6.13. The molecule has 1 N–H and O–H groups in total. The van der Waals surface area contributed by atoms with E-state index in [1.807, 2.05) is 0 Å². The molecule has 0 fully saturated rings. The Morgan fingerprint density at radius 3 is 2.11 bits per heavy atom. The van der Waals surface area contributed by atoms with E-state index in [1.54, 1.807) is 5.56 Å². The molecule has 0 heterocycles. The molecule has 1 aromatic rings. The molecule has 1 nitrogen and oxygen atoms in total. The van der Waals surface area contributed by atoms with Crippen LogP contribution < -0.4 is 5.32 Å². The molecule has 0 aromatic heterocycles. The summed E-state index contributed by atoms with van der Waals surface area (Å²) in [6.07, 6.45) is 5.03. The Morgan fingerprint density at radius 2 is 1.63 bits per heavy atom. The molecule has 108 valence electrons. The van der Waals surface area contributed by atoms with Gasteiger partial charge in [0.05, 0.1) is 0 Å². The SMILES string of the molecule is CCCC(CCC)(CNC(C)C)c1ccccc1C. The fraction of sp³-hybridized carbons (Fsp3) is 0.667. The lowest BCUT2D eigenvalue weighted by Gasteiger charge is -2.36. The standard InChI is InChI=1S/C18H31N/c1-6-12-18(13-7-2,14-19-15(3)4)17-11-9-8-10-16(17)5/h8-11,15,19H,6-7,12-14H2,1-5H3. The lowest BCUT2D eigenvalue weighted by atomic mass is 9.71. The van der Waals surface area contributed by atoms with Gasteiger partial charge >= 0.3 is 0 Å². The Kier molecular flexibility index (Phi) is 6.57. The van der Waals surface area contributed by atoms with Crippen LogP contribution in [-0.2, 0) is 5.41 Å². The molecule has 1 heteroatoms. The van der Waals surface area contributed by atoms with Gasteiger partial charge in [0, 0.05) is 18.0 Å². The molecule has 19 heavy (non-hydrogen) atoms. The maximum atomic E-state index is 3.68. The van der Waals surface area contributed by atoms with Gasteiger partial charge in [-0.05, 0) is 30.9 Å². The van der Waals surface area contributed by atoms with E-state index >= 15 is 0 Å². The number of nitrogens with one attached hydrogen (secondary N) is 1. The van der Waals surface area contributed by atoms with Crippen LogP contribution in [0.4, 0.5) is 0 Å². The third-order valence-electron chi connectivity index (χ3n) is 4.02. The first kappa shape index (κ1) is 16.2. The average Bonchev–Trinajstić information content (AvgIpc) is 2.37. The summed E-state index contributed by atoms with van der Waals surface area (Å²) in [5.41, 5.74) is 3.29. The van der Waals surface area contributed by atoms with Crippen molar-refractivity contribution < 1.29 is 0 Å². The number of rotatable bonds is 8. The second kappa shape index (κ2) is 7.69. The van der Waals surface area contributed by atoms with E-state index in [-0.39, 0.29) is 0 Å². The summed E-state index contributed by atoms with van der Waals surface area (Å²) < 4.78 is 0. The normalized spacial score (nSPS) is 12.1. The van der Waals surface area contributed by atoms with Crippen LogP contribution in [0.25, 0.3) is 0 Å². The summed E-state index contributed by atoms with van der Waals surface area (Å²) in [6, 6.07) is 9.49. The number of hydrogen-bond acceptors (Lipinski definition) is 1. The van der Waals surface area contributed by atoms with Crippen molar-refractivity contribution >= 4 is 0 Å². The molecule has 0 saturated heterocycles. The van der Waals surface area contributed by atoms with Gasteiger partial charge in [-0.2, -0.15) is 0 Å². The molecular weight excluding hydrogens is 230 g/mol. The van der Waals surface area contributed by atoms with Crippen molar-refractivity contribution in [1.82, 2.24) is 5.32 Å². The van der Waals surface area contributed by atoms with Crippen molar-refractivity contribution in [3.05, 3.63) is 35.4 Å². The predicted octanol–water partition coefficient (Wildman–Crippen LogP) is 4.83. The summed E-state index contributed by atoms with van der Waals surface area (Å²) in [5.74, 6) is 0. The molecule has 1 aromatic carbocycles. The van der Waals surface area contributed by atoms with Gasteiger partial charge in [0.2, 0.25) is 0 Å². The van der Waals surface area contributed by atoms with Crippen molar-refractivity contribution in [3.8, 4) is 0 Å². The van der Waals surface area contributed by atoms with Crippen LogP contribution in [-0.4, -0.2) is 12.6 Å². The highest BCUT2D eigenvalue weighted by atomic mass is 14.9. The van der Waals surface area contributed by atoms with Gasteiger partial charge in [0.15, 0.2) is 0 Å². The Bertz CT molecular complexity index is 362. The van der Waals surface area contributed by atoms with Crippen molar-refractivity contribution in [2.24, 2.45) is 0 Å². The molecule has 1 rings (SSSR count). The second-order valence-corrected chi connectivity index (χ2v) is 6.13. The summed E-state index contributed by atoms with van der Waals surface area (Å²) in [6.45, 7) is 12.4. The Balaban J connectivity index is 3.10. The highest BCUT2D eigenvalue weighted by Crippen LogP contribution is 2.35. The van der Waals surface area contributed by atoms with E-state index in [2.05, 4.69) is 64.2 Å². The fourth-order valence-corrected chi connectivity index (χ4v) is 3.19. The van der Waals surface area contributed by atoms with E-state index in [4.69, 9.17) is 0 Å². The van der Waals surface area contributed by atoms with Crippen molar-refractivity contribution in [2.45, 2.75) is 71.8 Å². The highest BCUT2D eigenvalue weighted by molar-refractivity contribution is 5.34. The largest absolute Gasteiger partial charge is 0.314 e. The zero-order valence-corrected chi connectivity index (χ0v) is 13.4. The molecule has 0 unspecified atom stereocenters. The fourth-order valence-electron chi connectivity index (χ4n) is 3.19. The van der Waals surface area contributed by atoms with Gasteiger partial charge in [-0.3, -0.25) is 0 Å². The van der Waals surface area contributed by atoms with Crippen molar-refractivity contribution in [1.29, 1.82) is 0 Å². The Morgan fingerprint density at radius 1 is 1.05 bits per heavy atom. The minimum absolute atomic E-state index is 0.305. The van der Waals surface area contributed by atoms with Crippen LogP contribution in [0.15, 0.2) is 24.3 Å². The zero-order valence-electron chi connectivity index (χ0n) is 13.4. The van der Waals surface area contributed by atoms with E-state index < -0.39 is 0 Å². The minimum atomic E-state index is 0.305. The smallest absolute Gasteiger partial charge is 0.00803 e. The molecule has 0 bridgehead atoms. The molecule has 0 spiro atoms. The van der Waals surface area contributed by atoms with Crippen LogP contribution >= 0.6 is 0 Å². The van der Waals surface area contributed by atoms with Crippen LogP contribution in [0, 0.1) is 6.92 Å². The first-order valence-corrected chi connectivity index (χ1v) is 7.85. The maximum absolute atomic E-state index is 3.68. The average molecular weight is 261 g/mol. The Labute approximate surface area is 119 Å². The molecule has 0 saturated carbocycles. The highest BCUT2D eigenvalue weighted by Gasteiger charge is 2.31. The summed E-state index contributed by atoms with van der Waals surface area (Å²) in [5, 5.41) is 3.68. The third kappa shape index (κ3) is 4.35. The van der Waals surface area contributed by atoms with Gasteiger partial charge in [0.25, 0.3) is 0 Å². The summed E-state index contributed by atoms with van der Waals surface area (Å²) >= 11 is 0. The van der Waals surface area contributed by atoms with E-state index in [1.165, 1.54) is 31.2 Å². The van der Waals surface area contributed by atoms with Crippen LogP contribution in [0.3, 0.4) is 0 Å². The molecule has 0 atom stereocenters. The van der Waals surface area contributed by atoms with Crippen LogP contribution in [0.5, 0.6) is 0 Å². The maximum Gasteiger partial charge on any atom is 0.00803 e. The van der Waals surface area contributed by atoms with Crippen molar-refractivity contribution in [2.75, 3.05) is 6.54 Å². The van der Waals surface area contributed by atoms with Gasteiger partial charge in [0.1, 0.15) is 0 Å². The zero-order chi connectivity index (χ0) is 14.3. The molecule has 0 radical (unpaired) electrons. The van der Waals surface area contributed by atoms with Gasteiger partial charge in [-0.1, -0.05) is 64.8 Å². The van der Waals surface area contributed by atoms with E-state index in [0.29, 0.717) is 11.5 Å². The quantitative estimate of drug-likeness (QED) is 0.706. The lowest BCUT2D eigenvalue weighted by Crippen LogP contribution is -2.41. The number of aryl methyl sites for hydroxylation is 1. The molecule has 0 aliphatic heterocycles. The van der Waals surface area contributed by atoms with Crippen molar-refractivity contribution in [3.63, 3.8) is 0 Å². The van der Waals surface area contributed by atoms with Gasteiger partial charge in [-0.25, -0.2) is 0 Å².